The van der Waals surface area contributed by atoms with Gasteiger partial charge in [0.15, 0.2) is 0 Å². The monoisotopic (exact) mass is 369 g/mol. The van der Waals surface area contributed by atoms with Gasteiger partial charge in [0.25, 0.3) is 11.8 Å². The van der Waals surface area contributed by atoms with Gasteiger partial charge in [-0.05, 0) is 48.5 Å². The van der Waals surface area contributed by atoms with E-state index in [-0.39, 0.29) is 16.5 Å². The molecule has 7 heteroatoms. The third-order valence-corrected chi connectivity index (χ3v) is 3.73. The van der Waals surface area contributed by atoms with Gasteiger partial charge in [-0.1, -0.05) is 17.7 Å². The number of anilines is 2. The minimum Gasteiger partial charge on any atom is -0.322 e. The van der Waals surface area contributed by atoms with Gasteiger partial charge in [-0.2, -0.15) is 0 Å². The first-order valence-electron chi connectivity index (χ1n) is 7.61. The number of pyridine rings is 1. The van der Waals surface area contributed by atoms with Crippen molar-refractivity contribution >= 4 is 34.8 Å². The van der Waals surface area contributed by atoms with Crippen LogP contribution in [0.1, 0.15) is 20.7 Å². The van der Waals surface area contributed by atoms with Crippen LogP contribution in [0.25, 0.3) is 0 Å². The summed E-state index contributed by atoms with van der Waals surface area (Å²) in [6.07, 6.45) is 3.04. The van der Waals surface area contributed by atoms with Crippen LogP contribution in [0.15, 0.2) is 67.0 Å². The van der Waals surface area contributed by atoms with E-state index in [4.69, 9.17) is 11.6 Å². The molecule has 0 aliphatic heterocycles. The molecule has 1 heterocycles. The fourth-order valence-corrected chi connectivity index (χ4v) is 2.41. The largest absolute Gasteiger partial charge is 0.322 e. The summed E-state index contributed by atoms with van der Waals surface area (Å²) in [5, 5.41) is 5.52. The van der Waals surface area contributed by atoms with Crippen molar-refractivity contribution in [2.24, 2.45) is 0 Å². The minimum absolute atomic E-state index is 0.124. The Morgan fingerprint density at radius 1 is 0.885 bits per heavy atom. The fraction of sp³-hybridized carbons (Fsp3) is 0. The maximum Gasteiger partial charge on any atom is 0.258 e. The lowest BCUT2D eigenvalue weighted by molar-refractivity contribution is 0.101. The summed E-state index contributed by atoms with van der Waals surface area (Å²) in [6, 6.07) is 13.5. The Labute approximate surface area is 153 Å². The molecule has 1 aromatic heterocycles. The number of nitrogens with zero attached hydrogens (tertiary/aromatic N) is 1. The maximum absolute atomic E-state index is 13.8. The number of hydrogen-bond donors (Lipinski definition) is 2. The number of benzene rings is 2. The predicted octanol–water partition coefficient (Wildman–Crippen LogP) is 4.38. The predicted molar refractivity (Wildman–Crippen MR) is 98.0 cm³/mol. The van der Waals surface area contributed by atoms with Crippen molar-refractivity contribution in [1.82, 2.24) is 4.98 Å². The van der Waals surface area contributed by atoms with Crippen LogP contribution in [0.2, 0.25) is 5.02 Å². The molecule has 5 nitrogen and oxygen atoms in total. The average Bonchev–Trinajstić information content (AvgIpc) is 2.62. The highest BCUT2D eigenvalue weighted by Crippen LogP contribution is 2.19. The second-order valence-corrected chi connectivity index (χ2v) is 5.79. The Morgan fingerprint density at radius 2 is 1.54 bits per heavy atom. The first-order chi connectivity index (χ1) is 12.5. The van der Waals surface area contributed by atoms with Crippen LogP contribution in [-0.2, 0) is 0 Å². The van der Waals surface area contributed by atoms with Gasteiger partial charge >= 0.3 is 0 Å². The number of carbonyl (C=O) groups excluding carboxylic acids is 2. The van der Waals surface area contributed by atoms with Crippen molar-refractivity contribution in [3.05, 3.63) is 89.0 Å². The van der Waals surface area contributed by atoms with Crippen LogP contribution in [0.3, 0.4) is 0 Å². The van der Waals surface area contributed by atoms with E-state index in [0.717, 1.165) is 6.07 Å². The number of rotatable bonds is 4. The first kappa shape index (κ1) is 17.6. The van der Waals surface area contributed by atoms with E-state index < -0.39 is 11.7 Å². The van der Waals surface area contributed by atoms with Crippen LogP contribution in [-0.4, -0.2) is 16.8 Å². The summed E-state index contributed by atoms with van der Waals surface area (Å²) in [6.45, 7) is 0. The maximum atomic E-state index is 13.8. The van der Waals surface area contributed by atoms with Gasteiger partial charge in [-0.25, -0.2) is 4.39 Å². The lowest BCUT2D eigenvalue weighted by Crippen LogP contribution is -2.15. The van der Waals surface area contributed by atoms with E-state index >= 15 is 0 Å². The fourth-order valence-electron chi connectivity index (χ4n) is 2.25. The van der Waals surface area contributed by atoms with Gasteiger partial charge in [0.05, 0.1) is 5.56 Å². The highest BCUT2D eigenvalue weighted by Gasteiger charge is 2.13. The summed E-state index contributed by atoms with van der Waals surface area (Å²) in [4.78, 5) is 28.2. The van der Waals surface area contributed by atoms with Crippen molar-refractivity contribution in [2.45, 2.75) is 0 Å². The third-order valence-electron chi connectivity index (χ3n) is 3.50. The molecule has 0 atom stereocenters. The quantitative estimate of drug-likeness (QED) is 0.717. The normalized spacial score (nSPS) is 10.2. The minimum atomic E-state index is -0.711. The molecule has 0 saturated carbocycles. The zero-order valence-electron chi connectivity index (χ0n) is 13.4. The summed E-state index contributed by atoms with van der Waals surface area (Å²) < 4.78 is 13.8. The van der Waals surface area contributed by atoms with Gasteiger partial charge in [-0.15, -0.1) is 0 Å². The van der Waals surface area contributed by atoms with Gasteiger partial charge in [0.1, 0.15) is 5.82 Å². The van der Waals surface area contributed by atoms with Crippen molar-refractivity contribution in [3.63, 3.8) is 0 Å². The van der Waals surface area contributed by atoms with E-state index in [9.17, 15) is 14.0 Å². The smallest absolute Gasteiger partial charge is 0.258 e. The molecular weight excluding hydrogens is 357 g/mol. The van der Waals surface area contributed by atoms with Crippen molar-refractivity contribution < 1.29 is 14.0 Å². The van der Waals surface area contributed by atoms with Gasteiger partial charge in [0.2, 0.25) is 0 Å². The number of amides is 2. The van der Waals surface area contributed by atoms with Crippen molar-refractivity contribution in [1.29, 1.82) is 0 Å². The van der Waals surface area contributed by atoms with Crippen LogP contribution in [0.5, 0.6) is 0 Å². The van der Waals surface area contributed by atoms with Crippen LogP contribution < -0.4 is 10.6 Å². The van der Waals surface area contributed by atoms with Crippen LogP contribution in [0, 0.1) is 5.82 Å². The van der Waals surface area contributed by atoms with Gasteiger partial charge < -0.3 is 10.6 Å². The molecule has 2 aromatic carbocycles. The van der Waals surface area contributed by atoms with Gasteiger partial charge in [-0.3, -0.25) is 14.6 Å². The Hall–Kier alpha value is -3.25. The second kappa shape index (κ2) is 7.76. The molecule has 3 aromatic rings. The molecule has 0 fully saturated rings. The Bertz CT molecular complexity index is 964. The van der Waals surface area contributed by atoms with E-state index in [1.165, 1.54) is 24.5 Å². The summed E-state index contributed by atoms with van der Waals surface area (Å²) in [5.41, 5.74) is 1.23. The molecule has 0 bridgehead atoms. The zero-order valence-corrected chi connectivity index (χ0v) is 14.1. The lowest BCUT2D eigenvalue weighted by Gasteiger charge is -2.09. The highest BCUT2D eigenvalue weighted by molar-refractivity contribution is 6.30. The molecule has 26 heavy (non-hydrogen) atoms. The standard InChI is InChI=1S/C19H13ClFN3O2/c20-13-4-5-16(17(21)10-13)19(26)24-15-3-1-2-14(11-15)23-18(25)12-6-8-22-9-7-12/h1-11H,(H,23,25)(H,24,26). The summed E-state index contributed by atoms with van der Waals surface area (Å²) in [7, 11) is 0. The molecule has 130 valence electrons. The Kier molecular flexibility index (Phi) is 5.24. The van der Waals surface area contributed by atoms with Crippen LogP contribution in [0.4, 0.5) is 15.8 Å². The number of carbonyl (C=O) groups is 2. The molecular formula is C19H13ClFN3O2. The highest BCUT2D eigenvalue weighted by atomic mass is 35.5. The molecule has 2 N–H and O–H groups in total. The lowest BCUT2D eigenvalue weighted by atomic mass is 10.2. The molecule has 2 amide bonds. The van der Waals surface area contributed by atoms with E-state index in [0.29, 0.717) is 16.9 Å². The first-order valence-corrected chi connectivity index (χ1v) is 7.98. The van der Waals surface area contributed by atoms with Crippen molar-refractivity contribution in [2.75, 3.05) is 10.6 Å². The van der Waals surface area contributed by atoms with E-state index in [1.807, 2.05) is 0 Å². The second-order valence-electron chi connectivity index (χ2n) is 5.35. The number of hydrogen-bond acceptors (Lipinski definition) is 3. The number of nitrogens with one attached hydrogen (secondary N) is 2. The average molecular weight is 370 g/mol. The molecule has 0 unspecified atom stereocenters. The molecule has 0 aliphatic rings. The molecule has 0 aliphatic carbocycles. The number of aromatic nitrogens is 1. The number of halogens is 2. The SMILES string of the molecule is O=C(Nc1cccc(NC(=O)c2ccc(Cl)cc2F)c1)c1ccncc1. The summed E-state index contributed by atoms with van der Waals surface area (Å²) >= 11 is 5.69. The summed E-state index contributed by atoms with van der Waals surface area (Å²) in [5.74, 6) is -1.63. The molecule has 0 spiro atoms. The topological polar surface area (TPSA) is 71.1 Å². The van der Waals surface area contributed by atoms with Crippen LogP contribution >= 0.6 is 11.6 Å². The van der Waals surface area contributed by atoms with E-state index in [1.54, 1.807) is 36.4 Å². The third kappa shape index (κ3) is 4.23. The van der Waals surface area contributed by atoms with Gasteiger partial charge in [0, 0.05) is 34.4 Å². The zero-order chi connectivity index (χ0) is 18.5. The Morgan fingerprint density at radius 3 is 2.19 bits per heavy atom. The Balaban J connectivity index is 1.73. The molecule has 0 radical (unpaired) electrons. The van der Waals surface area contributed by atoms with Crippen molar-refractivity contribution in [3.8, 4) is 0 Å². The molecule has 0 saturated heterocycles. The molecule has 3 rings (SSSR count). The van der Waals surface area contributed by atoms with E-state index in [2.05, 4.69) is 15.6 Å².